The fraction of sp³-hybridized carbons (Fsp3) is 0.111. The fourth-order valence-corrected chi connectivity index (χ4v) is 3.13. The molecule has 0 aliphatic heterocycles. The molecule has 1 unspecified atom stereocenters. The van der Waals surface area contributed by atoms with Crippen LogP contribution in [-0.4, -0.2) is 32.4 Å². The fourth-order valence-electron chi connectivity index (χ4n) is 2.61. The summed E-state index contributed by atoms with van der Waals surface area (Å²) < 4.78 is 16.8. The number of aliphatic carboxylic acids is 1. The van der Waals surface area contributed by atoms with E-state index in [0.29, 0.717) is 10.3 Å². The van der Waals surface area contributed by atoms with Gasteiger partial charge in [-0.25, -0.2) is 0 Å². The van der Waals surface area contributed by atoms with E-state index in [1.165, 1.54) is 30.7 Å². The number of aromatic hydroxyl groups is 1. The number of phenols is 1. The molecule has 128 valence electrons. The molecule has 3 aromatic rings. The third-order valence-corrected chi connectivity index (χ3v) is 4.75. The molecular weight excluding hydrogens is 344 g/mol. The van der Waals surface area contributed by atoms with Crippen LogP contribution in [0, 0.1) is 0 Å². The molecular formula is C18H14O6S. The Hall–Kier alpha value is -2.93. The van der Waals surface area contributed by atoms with Crippen molar-refractivity contribution in [3.05, 3.63) is 59.4 Å². The van der Waals surface area contributed by atoms with Crippen molar-refractivity contribution in [2.75, 3.05) is 6.26 Å². The number of carbonyl (C=O) groups excluding carboxylic acids is 1. The predicted molar refractivity (Wildman–Crippen MR) is 91.4 cm³/mol. The lowest BCUT2D eigenvalue weighted by Gasteiger charge is -2.09. The SMILES string of the molecule is CS(=O)c1ccc(C(=O)c2c(O)c(CC(=O)O)cc3ccoc23)cc1. The van der Waals surface area contributed by atoms with Crippen LogP contribution in [-0.2, 0) is 22.0 Å². The first-order valence-corrected chi connectivity index (χ1v) is 8.86. The second-order valence-corrected chi connectivity index (χ2v) is 6.86. The highest BCUT2D eigenvalue weighted by molar-refractivity contribution is 7.84. The van der Waals surface area contributed by atoms with Crippen molar-refractivity contribution in [1.82, 2.24) is 0 Å². The summed E-state index contributed by atoms with van der Waals surface area (Å²) in [4.78, 5) is 24.4. The molecule has 1 aromatic heterocycles. The normalized spacial score (nSPS) is 12.2. The molecule has 25 heavy (non-hydrogen) atoms. The average Bonchev–Trinajstić information content (AvgIpc) is 3.02. The molecule has 0 saturated heterocycles. The minimum absolute atomic E-state index is 0.0795. The topological polar surface area (TPSA) is 105 Å². The summed E-state index contributed by atoms with van der Waals surface area (Å²) in [5.41, 5.74) is 0.523. The van der Waals surface area contributed by atoms with Gasteiger partial charge in [0, 0.05) is 38.5 Å². The summed E-state index contributed by atoms with van der Waals surface area (Å²) in [7, 11) is -1.17. The molecule has 7 heteroatoms. The highest BCUT2D eigenvalue weighted by atomic mass is 32.2. The molecule has 3 rings (SSSR count). The molecule has 0 spiro atoms. The van der Waals surface area contributed by atoms with Crippen LogP contribution in [0.2, 0.25) is 0 Å². The predicted octanol–water partition coefficient (Wildman–Crippen LogP) is 2.73. The number of hydrogen-bond acceptors (Lipinski definition) is 5. The molecule has 1 atom stereocenters. The number of rotatable bonds is 5. The molecule has 2 aromatic carbocycles. The van der Waals surface area contributed by atoms with Crippen molar-refractivity contribution in [2.24, 2.45) is 0 Å². The quantitative estimate of drug-likeness (QED) is 0.680. The number of carboxylic acid groups (broad SMARTS) is 1. The standard InChI is InChI=1S/C18H14O6S/c1-25(23)13-4-2-10(3-5-13)16(21)15-17(22)12(9-14(19)20)8-11-6-7-24-18(11)15/h2-8,22H,9H2,1H3,(H,19,20). The summed E-state index contributed by atoms with van der Waals surface area (Å²) in [6.07, 6.45) is 2.49. The lowest BCUT2D eigenvalue weighted by Crippen LogP contribution is -2.07. The van der Waals surface area contributed by atoms with Crippen molar-refractivity contribution < 1.29 is 28.4 Å². The van der Waals surface area contributed by atoms with Crippen molar-refractivity contribution in [3.63, 3.8) is 0 Å². The van der Waals surface area contributed by atoms with Crippen LogP contribution < -0.4 is 0 Å². The van der Waals surface area contributed by atoms with Crippen molar-refractivity contribution >= 4 is 33.5 Å². The summed E-state index contributed by atoms with van der Waals surface area (Å²) in [5.74, 6) is -2.03. The van der Waals surface area contributed by atoms with Gasteiger partial charge >= 0.3 is 5.97 Å². The highest BCUT2D eigenvalue weighted by Crippen LogP contribution is 2.34. The molecule has 6 nitrogen and oxygen atoms in total. The summed E-state index contributed by atoms with van der Waals surface area (Å²) in [6.45, 7) is 0. The first kappa shape index (κ1) is 16.9. The Balaban J connectivity index is 2.14. The number of phenolic OH excluding ortho intramolecular Hbond substituents is 1. The van der Waals surface area contributed by atoms with Crippen LogP contribution >= 0.6 is 0 Å². The second-order valence-electron chi connectivity index (χ2n) is 5.48. The first-order valence-electron chi connectivity index (χ1n) is 7.30. The van der Waals surface area contributed by atoms with Crippen molar-refractivity contribution in [1.29, 1.82) is 0 Å². The van der Waals surface area contributed by atoms with Crippen LogP contribution in [0.25, 0.3) is 11.0 Å². The van der Waals surface area contributed by atoms with Crippen molar-refractivity contribution in [2.45, 2.75) is 11.3 Å². The zero-order valence-corrected chi connectivity index (χ0v) is 14.0. The van der Waals surface area contributed by atoms with E-state index < -0.39 is 34.7 Å². The first-order chi connectivity index (χ1) is 11.9. The molecule has 0 saturated carbocycles. The van der Waals surface area contributed by atoms with Crippen LogP contribution in [0.15, 0.2) is 52.0 Å². The number of fused-ring (bicyclic) bond motifs is 1. The van der Waals surface area contributed by atoms with E-state index >= 15 is 0 Å². The number of carbonyl (C=O) groups is 2. The Morgan fingerprint density at radius 3 is 2.44 bits per heavy atom. The third kappa shape index (κ3) is 3.18. The number of carboxylic acids is 1. The molecule has 1 heterocycles. The van der Waals surface area contributed by atoms with Crippen molar-refractivity contribution in [3.8, 4) is 5.75 Å². The number of benzene rings is 2. The van der Waals surface area contributed by atoms with E-state index in [1.54, 1.807) is 18.2 Å². The molecule has 0 aliphatic carbocycles. The van der Waals surface area contributed by atoms with Gasteiger partial charge in [0.2, 0.25) is 5.78 Å². The minimum Gasteiger partial charge on any atom is -0.507 e. The average molecular weight is 358 g/mol. The largest absolute Gasteiger partial charge is 0.507 e. The smallest absolute Gasteiger partial charge is 0.307 e. The van der Waals surface area contributed by atoms with Gasteiger partial charge in [0.15, 0.2) is 0 Å². The van der Waals surface area contributed by atoms with Gasteiger partial charge < -0.3 is 14.6 Å². The Morgan fingerprint density at radius 2 is 1.84 bits per heavy atom. The molecule has 0 fully saturated rings. The lowest BCUT2D eigenvalue weighted by molar-refractivity contribution is -0.136. The van der Waals surface area contributed by atoms with E-state index in [0.717, 1.165) is 0 Å². The van der Waals surface area contributed by atoms with Crippen LogP contribution in [0.5, 0.6) is 5.75 Å². The van der Waals surface area contributed by atoms with Crippen LogP contribution in [0.3, 0.4) is 0 Å². The molecule has 2 N–H and O–H groups in total. The zero-order valence-electron chi connectivity index (χ0n) is 13.2. The van der Waals surface area contributed by atoms with Gasteiger partial charge in [-0.1, -0.05) is 0 Å². The van der Waals surface area contributed by atoms with E-state index in [4.69, 9.17) is 9.52 Å². The van der Waals surface area contributed by atoms with E-state index in [-0.39, 0.29) is 22.3 Å². The van der Waals surface area contributed by atoms with Crippen LogP contribution in [0.1, 0.15) is 21.5 Å². The van der Waals surface area contributed by atoms with Gasteiger partial charge in [0.05, 0.1) is 12.7 Å². The van der Waals surface area contributed by atoms with E-state index in [9.17, 15) is 18.9 Å². The second kappa shape index (κ2) is 6.52. The zero-order chi connectivity index (χ0) is 18.1. The monoisotopic (exact) mass is 358 g/mol. The van der Waals surface area contributed by atoms with E-state index in [2.05, 4.69) is 0 Å². The number of furan rings is 1. The Bertz CT molecular complexity index is 1000. The van der Waals surface area contributed by atoms with Gasteiger partial charge in [-0.05, 0) is 36.4 Å². The molecule has 0 amide bonds. The Kier molecular flexibility index (Phi) is 4.41. The minimum atomic E-state index is -1.17. The van der Waals surface area contributed by atoms with Gasteiger partial charge in [-0.15, -0.1) is 0 Å². The maximum Gasteiger partial charge on any atom is 0.307 e. The third-order valence-electron chi connectivity index (χ3n) is 3.81. The van der Waals surface area contributed by atoms with Gasteiger partial charge in [-0.3, -0.25) is 13.8 Å². The van der Waals surface area contributed by atoms with E-state index in [1.807, 2.05) is 0 Å². The summed E-state index contributed by atoms with van der Waals surface area (Å²) in [5, 5.41) is 20.0. The highest BCUT2D eigenvalue weighted by Gasteiger charge is 2.23. The molecule has 0 radical (unpaired) electrons. The lowest BCUT2D eigenvalue weighted by atomic mass is 9.96. The Labute approximate surface area is 145 Å². The number of hydrogen-bond donors (Lipinski definition) is 2. The maximum absolute atomic E-state index is 12.9. The maximum atomic E-state index is 12.9. The van der Waals surface area contributed by atoms with Gasteiger partial charge in [0.1, 0.15) is 16.9 Å². The molecule has 0 bridgehead atoms. The Morgan fingerprint density at radius 1 is 1.16 bits per heavy atom. The summed E-state index contributed by atoms with van der Waals surface area (Å²) >= 11 is 0. The number of ketones is 1. The van der Waals surface area contributed by atoms with Gasteiger partial charge in [-0.2, -0.15) is 0 Å². The van der Waals surface area contributed by atoms with Gasteiger partial charge in [0.25, 0.3) is 0 Å². The van der Waals surface area contributed by atoms with Crippen LogP contribution in [0.4, 0.5) is 0 Å². The molecule has 0 aliphatic rings. The summed E-state index contributed by atoms with van der Waals surface area (Å²) in [6, 6.07) is 9.25.